The number of hydrogen-bond donors (Lipinski definition) is 1. The number of nitrogens with one attached hydrogen (secondary N) is 1. The van der Waals surface area contributed by atoms with E-state index in [1.807, 2.05) is 6.07 Å². The Labute approximate surface area is 180 Å². The van der Waals surface area contributed by atoms with E-state index in [0.29, 0.717) is 0 Å². The molecule has 0 bridgehead atoms. The van der Waals surface area contributed by atoms with Crippen LogP contribution in [0.3, 0.4) is 0 Å². The Morgan fingerprint density at radius 1 is 0.935 bits per heavy atom. The minimum Gasteiger partial charge on any atom is -0.456 e. The molecular formula is C20H12ClF3N2O4S. The lowest BCUT2D eigenvalue weighted by atomic mass is 10.2. The van der Waals surface area contributed by atoms with Crippen molar-refractivity contribution >= 4 is 27.3 Å². The molecule has 0 amide bonds. The van der Waals surface area contributed by atoms with Crippen LogP contribution in [0.5, 0.6) is 17.2 Å². The summed E-state index contributed by atoms with van der Waals surface area (Å²) in [6.45, 7) is 0. The molecule has 3 rings (SSSR count). The zero-order valence-electron chi connectivity index (χ0n) is 15.4. The molecule has 31 heavy (non-hydrogen) atoms. The highest BCUT2D eigenvalue weighted by molar-refractivity contribution is 7.92. The highest BCUT2D eigenvalue weighted by atomic mass is 35.5. The molecule has 0 spiro atoms. The third-order valence-corrected chi connectivity index (χ3v) is 5.50. The average Bonchev–Trinajstić information content (AvgIpc) is 2.69. The van der Waals surface area contributed by atoms with E-state index in [4.69, 9.17) is 16.3 Å². The minimum absolute atomic E-state index is 0.115. The lowest BCUT2D eigenvalue weighted by molar-refractivity contribution is -0.274. The first-order chi connectivity index (χ1) is 14.6. The van der Waals surface area contributed by atoms with Crippen LogP contribution in [0.25, 0.3) is 0 Å². The van der Waals surface area contributed by atoms with E-state index >= 15 is 0 Å². The van der Waals surface area contributed by atoms with Crippen molar-refractivity contribution in [1.82, 2.24) is 0 Å². The quantitative estimate of drug-likeness (QED) is 0.501. The Morgan fingerprint density at radius 3 is 2.23 bits per heavy atom. The van der Waals surface area contributed by atoms with Crippen molar-refractivity contribution in [3.8, 4) is 23.3 Å². The monoisotopic (exact) mass is 468 g/mol. The number of sulfonamides is 1. The van der Waals surface area contributed by atoms with Crippen LogP contribution < -0.4 is 14.2 Å². The molecule has 0 aliphatic carbocycles. The van der Waals surface area contributed by atoms with Crippen molar-refractivity contribution in [2.45, 2.75) is 11.3 Å². The molecule has 0 atom stereocenters. The van der Waals surface area contributed by atoms with Gasteiger partial charge in [0.25, 0.3) is 10.0 Å². The summed E-state index contributed by atoms with van der Waals surface area (Å²) in [6.07, 6.45) is -4.98. The summed E-state index contributed by atoms with van der Waals surface area (Å²) in [5, 5.41) is 9.38. The van der Waals surface area contributed by atoms with Crippen molar-refractivity contribution < 1.29 is 31.1 Å². The van der Waals surface area contributed by atoms with Crippen molar-refractivity contribution in [3.05, 3.63) is 77.3 Å². The predicted molar refractivity (Wildman–Crippen MR) is 107 cm³/mol. The van der Waals surface area contributed by atoms with Gasteiger partial charge in [-0.25, -0.2) is 8.42 Å². The summed E-state index contributed by atoms with van der Waals surface area (Å²) in [4.78, 5) is -0.228. The molecule has 0 radical (unpaired) electrons. The van der Waals surface area contributed by atoms with E-state index in [-0.39, 0.29) is 32.7 Å². The zero-order chi connectivity index (χ0) is 22.6. The van der Waals surface area contributed by atoms with Crippen LogP contribution >= 0.6 is 11.6 Å². The van der Waals surface area contributed by atoms with E-state index in [2.05, 4.69) is 9.46 Å². The topological polar surface area (TPSA) is 88.4 Å². The maximum absolute atomic E-state index is 12.6. The van der Waals surface area contributed by atoms with Gasteiger partial charge in [0, 0.05) is 0 Å². The highest BCUT2D eigenvalue weighted by Gasteiger charge is 2.32. The Balaban J connectivity index is 1.82. The summed E-state index contributed by atoms with van der Waals surface area (Å²) in [5.74, 6) is -0.288. The lowest BCUT2D eigenvalue weighted by Crippen LogP contribution is -2.19. The van der Waals surface area contributed by atoms with E-state index in [9.17, 15) is 26.9 Å². The predicted octanol–water partition coefficient (Wildman–Crippen LogP) is 5.70. The average molecular weight is 469 g/mol. The maximum atomic E-state index is 12.6. The summed E-state index contributed by atoms with van der Waals surface area (Å²) in [7, 11) is -4.23. The van der Waals surface area contributed by atoms with Crippen LogP contribution in [-0.2, 0) is 10.0 Å². The fraction of sp³-hybridized carbons (Fsp3) is 0.0500. The van der Waals surface area contributed by atoms with Crippen LogP contribution in [0, 0.1) is 11.3 Å². The van der Waals surface area contributed by atoms with Crippen LogP contribution in [-0.4, -0.2) is 14.8 Å². The number of nitriles is 1. The molecule has 0 aliphatic heterocycles. The summed E-state index contributed by atoms with van der Waals surface area (Å²) in [6, 6.07) is 16.3. The summed E-state index contributed by atoms with van der Waals surface area (Å²) >= 11 is 5.94. The van der Waals surface area contributed by atoms with Crippen molar-refractivity contribution in [2.24, 2.45) is 0 Å². The van der Waals surface area contributed by atoms with Crippen LogP contribution in [0.2, 0.25) is 5.02 Å². The van der Waals surface area contributed by atoms with E-state index < -0.39 is 22.1 Å². The second-order valence-electron chi connectivity index (χ2n) is 5.95. The number of alkyl halides is 3. The van der Waals surface area contributed by atoms with Gasteiger partial charge in [0.2, 0.25) is 0 Å². The van der Waals surface area contributed by atoms with Gasteiger partial charge in [-0.1, -0.05) is 29.8 Å². The number of rotatable bonds is 6. The number of ether oxygens (including phenoxy) is 2. The number of halogens is 4. The molecule has 3 aromatic rings. The number of para-hydroxylation sites is 2. The Morgan fingerprint density at radius 2 is 1.58 bits per heavy atom. The summed E-state index contributed by atoms with van der Waals surface area (Å²) in [5.41, 5.74) is -0.262. The largest absolute Gasteiger partial charge is 0.573 e. The number of benzene rings is 3. The van der Waals surface area contributed by atoms with Gasteiger partial charge in [0.05, 0.1) is 15.6 Å². The third-order valence-electron chi connectivity index (χ3n) is 3.81. The van der Waals surface area contributed by atoms with Crippen molar-refractivity contribution in [1.29, 1.82) is 5.26 Å². The first kappa shape index (κ1) is 22.3. The van der Waals surface area contributed by atoms with Gasteiger partial charge in [0.1, 0.15) is 23.1 Å². The fourth-order valence-electron chi connectivity index (χ4n) is 2.48. The molecule has 160 valence electrons. The molecule has 1 N–H and O–H groups in total. The lowest BCUT2D eigenvalue weighted by Gasteiger charge is -2.15. The maximum Gasteiger partial charge on any atom is 0.573 e. The minimum atomic E-state index is -4.98. The van der Waals surface area contributed by atoms with Gasteiger partial charge in [-0.3, -0.25) is 4.72 Å². The summed E-state index contributed by atoms with van der Waals surface area (Å²) < 4.78 is 74.3. The first-order valence-corrected chi connectivity index (χ1v) is 10.3. The van der Waals surface area contributed by atoms with E-state index in [1.165, 1.54) is 48.5 Å². The Bertz CT molecular complexity index is 1240. The van der Waals surface area contributed by atoms with Gasteiger partial charge in [-0.05, 0) is 48.5 Å². The molecule has 0 unspecified atom stereocenters. The van der Waals surface area contributed by atoms with E-state index in [0.717, 1.165) is 12.1 Å². The SMILES string of the molecule is N#Cc1c(Cl)cccc1Oc1ccc(S(=O)(=O)Nc2ccccc2OC(F)(F)F)cc1. The van der Waals surface area contributed by atoms with Crippen molar-refractivity contribution in [2.75, 3.05) is 4.72 Å². The zero-order valence-corrected chi connectivity index (χ0v) is 16.9. The molecule has 0 aromatic heterocycles. The van der Waals surface area contributed by atoms with E-state index in [1.54, 1.807) is 6.07 Å². The normalized spacial score (nSPS) is 11.5. The molecule has 0 fully saturated rings. The fourth-order valence-corrected chi connectivity index (χ4v) is 3.76. The molecular weight excluding hydrogens is 457 g/mol. The van der Waals surface area contributed by atoms with Gasteiger partial charge in [-0.2, -0.15) is 5.26 Å². The molecule has 0 aliphatic rings. The molecule has 6 nitrogen and oxygen atoms in total. The smallest absolute Gasteiger partial charge is 0.456 e. The number of nitrogens with zero attached hydrogens (tertiary/aromatic N) is 1. The molecule has 0 heterocycles. The second kappa shape index (κ2) is 8.75. The number of hydrogen-bond acceptors (Lipinski definition) is 5. The van der Waals surface area contributed by atoms with Gasteiger partial charge in [0.15, 0.2) is 5.75 Å². The van der Waals surface area contributed by atoms with Crippen LogP contribution in [0.1, 0.15) is 5.56 Å². The van der Waals surface area contributed by atoms with Crippen LogP contribution in [0.15, 0.2) is 71.6 Å². The third kappa shape index (κ3) is 5.59. The number of anilines is 1. The van der Waals surface area contributed by atoms with Gasteiger partial charge >= 0.3 is 6.36 Å². The van der Waals surface area contributed by atoms with Gasteiger partial charge < -0.3 is 9.47 Å². The van der Waals surface area contributed by atoms with Crippen molar-refractivity contribution in [3.63, 3.8) is 0 Å². The Kier molecular flexibility index (Phi) is 6.29. The Hall–Kier alpha value is -3.42. The highest BCUT2D eigenvalue weighted by Crippen LogP contribution is 2.33. The molecule has 0 saturated heterocycles. The second-order valence-corrected chi connectivity index (χ2v) is 8.04. The molecule has 11 heteroatoms. The molecule has 3 aromatic carbocycles. The van der Waals surface area contributed by atoms with Gasteiger partial charge in [-0.15, -0.1) is 13.2 Å². The standard InChI is InChI=1S/C20H12ClF3N2O4S/c21-16-4-3-7-18(15(16)12-25)29-13-8-10-14(11-9-13)31(27,28)26-17-5-1-2-6-19(17)30-20(22,23)24/h1-11,26H. The van der Waals surface area contributed by atoms with Crippen LogP contribution in [0.4, 0.5) is 18.9 Å². The first-order valence-electron chi connectivity index (χ1n) is 8.43. The molecule has 0 saturated carbocycles.